The smallest absolute Gasteiger partial charge is 0.278 e. The number of anilines is 1. The van der Waals surface area contributed by atoms with Gasteiger partial charge in [-0.15, -0.1) is 11.3 Å². The number of aromatic nitrogens is 1. The summed E-state index contributed by atoms with van der Waals surface area (Å²) in [6, 6.07) is 13.7. The summed E-state index contributed by atoms with van der Waals surface area (Å²) in [5, 5.41) is 2.95. The Labute approximate surface area is 170 Å². The van der Waals surface area contributed by atoms with Crippen LogP contribution in [0, 0.1) is 0 Å². The number of hydrogen-bond donors (Lipinski definition) is 1. The van der Waals surface area contributed by atoms with E-state index in [1.54, 1.807) is 29.6 Å². The van der Waals surface area contributed by atoms with Gasteiger partial charge in [-0.2, -0.15) is 0 Å². The first-order valence-electron chi connectivity index (χ1n) is 8.56. The maximum absolute atomic E-state index is 13.1. The van der Waals surface area contributed by atoms with E-state index in [0.29, 0.717) is 27.9 Å². The van der Waals surface area contributed by atoms with Crippen LogP contribution in [0.25, 0.3) is 0 Å². The molecule has 0 saturated heterocycles. The van der Waals surface area contributed by atoms with Crippen molar-refractivity contribution in [2.24, 2.45) is 5.73 Å². The second-order valence-corrected chi connectivity index (χ2v) is 7.67. The van der Waals surface area contributed by atoms with Crippen molar-refractivity contribution in [3.63, 3.8) is 0 Å². The lowest BCUT2D eigenvalue weighted by Gasteiger charge is -2.22. The molecule has 4 rings (SSSR count). The third-order valence-electron chi connectivity index (χ3n) is 4.47. The van der Waals surface area contributed by atoms with E-state index < -0.39 is 11.9 Å². The Morgan fingerprint density at radius 1 is 1.21 bits per heavy atom. The zero-order valence-electron chi connectivity index (χ0n) is 14.7. The van der Waals surface area contributed by atoms with Gasteiger partial charge in [0.2, 0.25) is 5.91 Å². The Kier molecular flexibility index (Phi) is 5.02. The number of fused-ring (bicyclic) bond motifs is 1. The maximum Gasteiger partial charge on any atom is 0.278 e. The first-order chi connectivity index (χ1) is 13.5. The Hall–Kier alpha value is -2.90. The van der Waals surface area contributed by atoms with Crippen LogP contribution in [-0.4, -0.2) is 22.8 Å². The molecule has 0 spiro atoms. The zero-order chi connectivity index (χ0) is 19.7. The van der Waals surface area contributed by atoms with E-state index in [1.807, 2.05) is 24.3 Å². The highest BCUT2D eigenvalue weighted by atomic mass is 35.5. The van der Waals surface area contributed by atoms with Crippen LogP contribution in [-0.2, 0) is 17.8 Å². The van der Waals surface area contributed by atoms with Gasteiger partial charge in [0.25, 0.3) is 5.91 Å². The van der Waals surface area contributed by atoms with Crippen LogP contribution < -0.4 is 15.4 Å². The largest absolute Gasteiger partial charge is 0.486 e. The first-order valence-corrected chi connectivity index (χ1v) is 9.82. The molecule has 1 aliphatic heterocycles. The lowest BCUT2D eigenvalue weighted by molar-refractivity contribution is -0.119. The molecule has 2 heterocycles. The van der Waals surface area contributed by atoms with Crippen LogP contribution in [0.2, 0.25) is 5.02 Å². The van der Waals surface area contributed by atoms with Crippen LogP contribution in [0.1, 0.15) is 21.1 Å². The topological polar surface area (TPSA) is 85.5 Å². The minimum atomic E-state index is -0.708. The van der Waals surface area contributed by atoms with Crippen molar-refractivity contribution in [2.45, 2.75) is 19.1 Å². The summed E-state index contributed by atoms with van der Waals surface area (Å²) in [7, 11) is 0. The maximum atomic E-state index is 13.1. The molecule has 0 aliphatic carbocycles. The van der Waals surface area contributed by atoms with Crippen LogP contribution in [0.15, 0.2) is 53.9 Å². The molecule has 2 aromatic carbocycles. The van der Waals surface area contributed by atoms with Crippen LogP contribution >= 0.6 is 22.9 Å². The number of primary amides is 1. The van der Waals surface area contributed by atoms with Gasteiger partial charge in [0.05, 0.1) is 0 Å². The monoisotopic (exact) mass is 413 g/mol. The van der Waals surface area contributed by atoms with Crippen molar-refractivity contribution in [3.05, 3.63) is 75.2 Å². The number of ether oxygens (including phenoxy) is 1. The number of nitrogens with zero attached hydrogens (tertiary/aromatic N) is 2. The minimum absolute atomic E-state index is 0.232. The number of nitrogens with two attached hydrogens (primary N) is 1. The summed E-state index contributed by atoms with van der Waals surface area (Å²) in [5.41, 5.74) is 7.41. The molecule has 1 aromatic heterocycles. The minimum Gasteiger partial charge on any atom is -0.486 e. The average Bonchev–Trinajstić information content (AvgIpc) is 3.32. The predicted octanol–water partition coefficient (Wildman–Crippen LogP) is 3.43. The van der Waals surface area contributed by atoms with E-state index in [2.05, 4.69) is 4.98 Å². The van der Waals surface area contributed by atoms with Gasteiger partial charge in [0.1, 0.15) is 29.1 Å². The summed E-state index contributed by atoms with van der Waals surface area (Å²) in [6.07, 6.45) is 0.411. The number of carbonyl (C=O) groups is 2. The first kappa shape index (κ1) is 18.5. The van der Waals surface area contributed by atoms with Gasteiger partial charge in [-0.3, -0.25) is 14.5 Å². The fourth-order valence-electron chi connectivity index (χ4n) is 3.14. The molecule has 2 N–H and O–H groups in total. The van der Waals surface area contributed by atoms with Gasteiger partial charge < -0.3 is 10.5 Å². The van der Waals surface area contributed by atoms with Crippen molar-refractivity contribution >= 4 is 40.4 Å². The number of para-hydroxylation sites is 1. The van der Waals surface area contributed by atoms with Gasteiger partial charge in [0.15, 0.2) is 0 Å². The summed E-state index contributed by atoms with van der Waals surface area (Å²) < 4.78 is 5.67. The molecule has 142 valence electrons. The summed E-state index contributed by atoms with van der Waals surface area (Å²) in [4.78, 5) is 30.8. The molecular weight excluding hydrogens is 398 g/mol. The van der Waals surface area contributed by atoms with Crippen LogP contribution in [0.4, 0.5) is 5.69 Å². The SMILES string of the molecule is NC(=O)[C@@H]1Cc2ccccc2N1C(=O)c1csc(COc2ccc(Cl)cc2)n1. The zero-order valence-corrected chi connectivity index (χ0v) is 16.2. The molecule has 28 heavy (non-hydrogen) atoms. The Bertz CT molecular complexity index is 1040. The molecule has 6 nitrogen and oxygen atoms in total. The van der Waals surface area contributed by atoms with Crippen LogP contribution in [0.3, 0.4) is 0 Å². The van der Waals surface area contributed by atoms with E-state index in [-0.39, 0.29) is 18.2 Å². The molecular formula is C20H16ClN3O3S. The van der Waals surface area contributed by atoms with E-state index in [0.717, 1.165) is 5.56 Å². The number of amides is 2. The molecule has 1 aliphatic rings. The number of thiazole rings is 1. The van der Waals surface area contributed by atoms with Crippen molar-refractivity contribution in [1.29, 1.82) is 0 Å². The molecule has 0 radical (unpaired) electrons. The van der Waals surface area contributed by atoms with Gasteiger partial charge in [-0.05, 0) is 35.9 Å². The molecule has 2 amide bonds. The van der Waals surface area contributed by atoms with E-state index in [9.17, 15) is 9.59 Å². The van der Waals surface area contributed by atoms with Gasteiger partial charge >= 0.3 is 0 Å². The van der Waals surface area contributed by atoms with E-state index >= 15 is 0 Å². The molecule has 3 aromatic rings. The van der Waals surface area contributed by atoms with Crippen molar-refractivity contribution in [3.8, 4) is 5.75 Å². The number of rotatable bonds is 5. The highest BCUT2D eigenvalue weighted by Gasteiger charge is 2.38. The van der Waals surface area contributed by atoms with Crippen molar-refractivity contribution < 1.29 is 14.3 Å². The van der Waals surface area contributed by atoms with E-state index in [4.69, 9.17) is 22.1 Å². The third kappa shape index (κ3) is 3.58. The number of hydrogen-bond acceptors (Lipinski definition) is 5. The second-order valence-electron chi connectivity index (χ2n) is 6.30. The quantitative estimate of drug-likeness (QED) is 0.694. The van der Waals surface area contributed by atoms with Crippen molar-refractivity contribution in [2.75, 3.05) is 4.90 Å². The summed E-state index contributed by atoms with van der Waals surface area (Å²) >= 11 is 7.18. The predicted molar refractivity (Wildman–Crippen MR) is 108 cm³/mol. The van der Waals surface area contributed by atoms with Crippen LogP contribution in [0.5, 0.6) is 5.75 Å². The lowest BCUT2D eigenvalue weighted by Crippen LogP contribution is -2.46. The highest BCUT2D eigenvalue weighted by molar-refractivity contribution is 7.09. The number of benzene rings is 2. The summed E-state index contributed by atoms with van der Waals surface area (Å²) in [6.45, 7) is 0.232. The average molecular weight is 414 g/mol. The number of halogens is 1. The standard InChI is InChI=1S/C20H16ClN3O3S/c21-13-5-7-14(8-6-13)27-10-18-23-15(11-28-18)20(26)24-16-4-2-1-3-12(16)9-17(24)19(22)25/h1-8,11,17H,9-10H2,(H2,22,25)/t17-/m0/s1. The second kappa shape index (κ2) is 7.61. The molecule has 0 fully saturated rings. The lowest BCUT2D eigenvalue weighted by atomic mass is 10.1. The molecule has 0 unspecified atom stereocenters. The Morgan fingerprint density at radius 2 is 1.96 bits per heavy atom. The van der Waals surface area contributed by atoms with Gasteiger partial charge in [-0.25, -0.2) is 4.98 Å². The van der Waals surface area contributed by atoms with Gasteiger partial charge in [-0.1, -0.05) is 29.8 Å². The highest BCUT2D eigenvalue weighted by Crippen LogP contribution is 2.33. The van der Waals surface area contributed by atoms with E-state index in [1.165, 1.54) is 16.2 Å². The normalized spacial score (nSPS) is 15.3. The molecule has 1 atom stereocenters. The van der Waals surface area contributed by atoms with Crippen molar-refractivity contribution in [1.82, 2.24) is 4.98 Å². The Morgan fingerprint density at radius 3 is 2.71 bits per heavy atom. The Balaban J connectivity index is 1.52. The number of carbonyl (C=O) groups excluding carboxylic acids is 2. The fourth-order valence-corrected chi connectivity index (χ4v) is 3.94. The molecule has 0 bridgehead atoms. The van der Waals surface area contributed by atoms with Gasteiger partial charge in [0, 0.05) is 22.5 Å². The fraction of sp³-hybridized carbons (Fsp3) is 0.150. The third-order valence-corrected chi connectivity index (χ3v) is 5.54. The molecule has 0 saturated carbocycles. The molecule has 8 heteroatoms. The summed E-state index contributed by atoms with van der Waals surface area (Å²) in [5.74, 6) is -0.219.